The molecule has 0 N–H and O–H groups in total. The van der Waals surface area contributed by atoms with Crippen molar-refractivity contribution in [3.63, 3.8) is 0 Å². The summed E-state index contributed by atoms with van der Waals surface area (Å²) in [5, 5.41) is 5.44. The molecule has 5 nitrogen and oxygen atoms in total. The maximum atomic E-state index is 13.2. The summed E-state index contributed by atoms with van der Waals surface area (Å²) in [6.07, 6.45) is 2.34. The fraction of sp³-hybridized carbons (Fsp3) is 0.421. The Labute approximate surface area is 151 Å². The molecule has 4 rings (SSSR count). The molecule has 1 aliphatic rings. The largest absolute Gasteiger partial charge is 0.286 e. The van der Waals surface area contributed by atoms with Gasteiger partial charge in [0.25, 0.3) is 5.91 Å². The van der Waals surface area contributed by atoms with Gasteiger partial charge < -0.3 is 0 Å². The summed E-state index contributed by atoms with van der Waals surface area (Å²) < 4.78 is 2.95. The molecular weight excluding hydrogens is 332 g/mol. The third kappa shape index (κ3) is 2.95. The van der Waals surface area contributed by atoms with E-state index in [4.69, 9.17) is 5.10 Å². The summed E-state index contributed by atoms with van der Waals surface area (Å²) in [6, 6.07) is 9.92. The van der Waals surface area contributed by atoms with E-state index in [1.807, 2.05) is 35.0 Å². The molecule has 1 fully saturated rings. The molecule has 1 saturated carbocycles. The number of hydrogen-bond acceptors (Lipinski definition) is 4. The lowest BCUT2D eigenvalue weighted by Gasteiger charge is -2.23. The predicted octanol–water partition coefficient (Wildman–Crippen LogP) is 4.40. The van der Waals surface area contributed by atoms with Gasteiger partial charge in [-0.3, -0.25) is 14.4 Å². The fourth-order valence-corrected chi connectivity index (χ4v) is 3.83. The molecule has 6 heteroatoms. The SMILES string of the molecule is CN(C(=O)c1cc(C2CC2)nn1C(C)(C)C)c1nc2ccccc2s1. The van der Waals surface area contributed by atoms with Gasteiger partial charge in [-0.1, -0.05) is 23.5 Å². The molecule has 0 unspecified atom stereocenters. The van der Waals surface area contributed by atoms with Crippen molar-refractivity contribution in [2.24, 2.45) is 0 Å². The second-order valence-corrected chi connectivity index (χ2v) is 8.65. The van der Waals surface area contributed by atoms with Crippen LogP contribution in [0.15, 0.2) is 30.3 Å². The summed E-state index contributed by atoms with van der Waals surface area (Å²) >= 11 is 1.53. The van der Waals surface area contributed by atoms with Gasteiger partial charge in [-0.15, -0.1) is 0 Å². The van der Waals surface area contributed by atoms with Crippen LogP contribution >= 0.6 is 11.3 Å². The van der Waals surface area contributed by atoms with Gasteiger partial charge in [0.2, 0.25) is 0 Å². The number of amides is 1. The van der Waals surface area contributed by atoms with E-state index in [1.54, 1.807) is 11.9 Å². The van der Waals surface area contributed by atoms with E-state index in [0.717, 1.165) is 15.9 Å². The number of benzene rings is 1. The quantitative estimate of drug-likeness (QED) is 0.700. The first-order chi connectivity index (χ1) is 11.8. The smallest absolute Gasteiger partial charge is 0.278 e. The Balaban J connectivity index is 1.72. The highest BCUT2D eigenvalue weighted by Crippen LogP contribution is 2.40. The Morgan fingerprint density at radius 3 is 2.64 bits per heavy atom. The van der Waals surface area contributed by atoms with Crippen molar-refractivity contribution in [2.75, 3.05) is 11.9 Å². The maximum Gasteiger partial charge on any atom is 0.278 e. The Morgan fingerprint density at radius 1 is 1.28 bits per heavy atom. The standard InChI is InChI=1S/C19H22N4OS/c1-19(2,3)23-15(11-14(21-23)12-9-10-12)17(24)22(4)18-20-13-7-5-6-8-16(13)25-18/h5-8,11-12H,9-10H2,1-4H3. The second-order valence-electron chi connectivity index (χ2n) is 7.64. The lowest BCUT2D eigenvalue weighted by atomic mass is 10.1. The molecule has 0 atom stereocenters. The van der Waals surface area contributed by atoms with Crippen molar-refractivity contribution in [3.05, 3.63) is 41.7 Å². The van der Waals surface area contributed by atoms with Crippen molar-refractivity contribution in [1.82, 2.24) is 14.8 Å². The van der Waals surface area contributed by atoms with Gasteiger partial charge in [0.1, 0.15) is 5.69 Å². The van der Waals surface area contributed by atoms with Crippen LogP contribution in [0, 0.1) is 0 Å². The van der Waals surface area contributed by atoms with E-state index in [1.165, 1.54) is 24.2 Å². The van der Waals surface area contributed by atoms with Crippen molar-refractivity contribution in [1.29, 1.82) is 0 Å². The van der Waals surface area contributed by atoms with Gasteiger partial charge in [-0.2, -0.15) is 5.10 Å². The van der Waals surface area contributed by atoms with Crippen molar-refractivity contribution in [2.45, 2.75) is 45.1 Å². The normalized spacial score (nSPS) is 14.9. The molecule has 3 aromatic rings. The number of rotatable bonds is 3. The summed E-state index contributed by atoms with van der Waals surface area (Å²) in [5.41, 5.74) is 2.35. The number of aromatic nitrogens is 3. The van der Waals surface area contributed by atoms with E-state index in [0.29, 0.717) is 16.7 Å². The maximum absolute atomic E-state index is 13.2. The molecule has 130 valence electrons. The van der Waals surface area contributed by atoms with E-state index in [2.05, 4.69) is 25.8 Å². The van der Waals surface area contributed by atoms with Crippen LogP contribution in [0.4, 0.5) is 5.13 Å². The molecule has 0 spiro atoms. The van der Waals surface area contributed by atoms with Crippen molar-refractivity contribution < 1.29 is 4.79 Å². The molecule has 25 heavy (non-hydrogen) atoms. The number of anilines is 1. The van der Waals surface area contributed by atoms with Crippen LogP contribution in [0.1, 0.15) is 55.7 Å². The minimum Gasteiger partial charge on any atom is -0.286 e. The predicted molar refractivity (Wildman–Crippen MR) is 102 cm³/mol. The Bertz CT molecular complexity index is 913. The zero-order chi connectivity index (χ0) is 17.8. The average molecular weight is 354 g/mol. The topological polar surface area (TPSA) is 51.0 Å². The van der Waals surface area contributed by atoms with Gasteiger partial charge in [0.05, 0.1) is 21.4 Å². The van der Waals surface area contributed by atoms with Crippen LogP contribution in [0.25, 0.3) is 10.2 Å². The van der Waals surface area contributed by atoms with E-state index >= 15 is 0 Å². The molecule has 1 aliphatic carbocycles. The summed E-state index contributed by atoms with van der Waals surface area (Å²) in [5.74, 6) is 0.455. The first-order valence-electron chi connectivity index (χ1n) is 8.58. The number of nitrogens with zero attached hydrogens (tertiary/aromatic N) is 4. The Morgan fingerprint density at radius 2 is 2.00 bits per heavy atom. The Hall–Kier alpha value is -2.21. The van der Waals surface area contributed by atoms with Gasteiger partial charge >= 0.3 is 0 Å². The fourth-order valence-electron chi connectivity index (χ4n) is 2.90. The first kappa shape index (κ1) is 16.3. The molecular formula is C19H22N4OS. The minimum absolute atomic E-state index is 0.0617. The monoisotopic (exact) mass is 354 g/mol. The molecule has 0 bridgehead atoms. The van der Waals surface area contributed by atoms with Crippen LogP contribution < -0.4 is 4.90 Å². The molecule has 1 aromatic carbocycles. The number of carbonyl (C=O) groups excluding carboxylic acids is 1. The van der Waals surface area contributed by atoms with Crippen molar-refractivity contribution >= 4 is 32.6 Å². The zero-order valence-corrected chi connectivity index (χ0v) is 15.8. The van der Waals surface area contributed by atoms with Crippen LogP contribution in [0.2, 0.25) is 0 Å². The number of hydrogen-bond donors (Lipinski definition) is 0. The molecule has 1 amide bonds. The molecule has 2 heterocycles. The highest BCUT2D eigenvalue weighted by atomic mass is 32.1. The van der Waals surface area contributed by atoms with Gasteiger partial charge in [0, 0.05) is 13.0 Å². The first-order valence-corrected chi connectivity index (χ1v) is 9.40. The number of thiazole rings is 1. The molecule has 0 saturated heterocycles. The van der Waals surface area contributed by atoms with Gasteiger partial charge in [-0.05, 0) is 51.8 Å². The van der Waals surface area contributed by atoms with Crippen molar-refractivity contribution in [3.8, 4) is 0 Å². The lowest BCUT2D eigenvalue weighted by Crippen LogP contribution is -2.33. The molecule has 0 radical (unpaired) electrons. The minimum atomic E-state index is -0.243. The van der Waals surface area contributed by atoms with E-state index < -0.39 is 0 Å². The highest BCUT2D eigenvalue weighted by Gasteiger charge is 2.32. The third-order valence-electron chi connectivity index (χ3n) is 4.45. The van der Waals surface area contributed by atoms with Crippen LogP contribution in [0.3, 0.4) is 0 Å². The van der Waals surface area contributed by atoms with E-state index in [9.17, 15) is 4.79 Å². The molecule has 2 aromatic heterocycles. The van der Waals surface area contributed by atoms with Crippen LogP contribution in [0.5, 0.6) is 0 Å². The van der Waals surface area contributed by atoms with Gasteiger partial charge in [0.15, 0.2) is 5.13 Å². The van der Waals surface area contributed by atoms with Crippen LogP contribution in [-0.2, 0) is 5.54 Å². The van der Waals surface area contributed by atoms with Gasteiger partial charge in [-0.25, -0.2) is 4.98 Å². The summed E-state index contributed by atoms with van der Waals surface area (Å²) in [4.78, 5) is 19.4. The lowest BCUT2D eigenvalue weighted by molar-refractivity contribution is 0.0975. The highest BCUT2D eigenvalue weighted by molar-refractivity contribution is 7.22. The Kier molecular flexibility index (Phi) is 3.68. The van der Waals surface area contributed by atoms with E-state index in [-0.39, 0.29) is 11.4 Å². The molecule has 0 aliphatic heterocycles. The zero-order valence-electron chi connectivity index (χ0n) is 15.0. The second kappa shape index (κ2) is 5.66. The summed E-state index contributed by atoms with van der Waals surface area (Å²) in [7, 11) is 1.79. The number of fused-ring (bicyclic) bond motifs is 1. The third-order valence-corrected chi connectivity index (χ3v) is 5.57. The number of carbonyl (C=O) groups is 1. The average Bonchev–Trinajstić information content (AvgIpc) is 3.16. The number of para-hydroxylation sites is 1. The summed E-state index contributed by atoms with van der Waals surface area (Å²) in [6.45, 7) is 6.22. The van der Waals surface area contributed by atoms with Crippen LogP contribution in [-0.4, -0.2) is 27.7 Å².